The second-order valence-corrected chi connectivity index (χ2v) is 9.45. The highest BCUT2D eigenvalue weighted by molar-refractivity contribution is 6.31. The van der Waals surface area contributed by atoms with Gasteiger partial charge in [-0.1, -0.05) is 50.6 Å². The molecule has 0 radical (unpaired) electrons. The molecule has 1 heterocycles. The van der Waals surface area contributed by atoms with E-state index in [2.05, 4.69) is 17.2 Å². The van der Waals surface area contributed by atoms with Gasteiger partial charge in [0.15, 0.2) is 0 Å². The maximum atomic E-state index is 13.1. The zero-order valence-electron chi connectivity index (χ0n) is 19.6. The van der Waals surface area contributed by atoms with Gasteiger partial charge in [0.2, 0.25) is 0 Å². The summed E-state index contributed by atoms with van der Waals surface area (Å²) < 4.78 is 0. The molecule has 1 aliphatic rings. The molecule has 0 bridgehead atoms. The predicted octanol–water partition coefficient (Wildman–Crippen LogP) is 5.52. The van der Waals surface area contributed by atoms with E-state index in [-0.39, 0.29) is 18.0 Å². The lowest BCUT2D eigenvalue weighted by molar-refractivity contribution is 0.0950. The summed E-state index contributed by atoms with van der Waals surface area (Å²) in [4.78, 5) is 32.9. The van der Waals surface area contributed by atoms with Crippen molar-refractivity contribution in [3.05, 3.63) is 67.1 Å². The SMILES string of the molecule is CCC(CN=Cc1c(C)cc(Cl)cc1C(=O)NCc1c(C)cc(C)[nH]c1=O)C1CCCC1. The molecule has 1 atom stereocenters. The van der Waals surface area contributed by atoms with Crippen LogP contribution >= 0.6 is 11.6 Å². The number of nitrogens with one attached hydrogen (secondary N) is 2. The summed E-state index contributed by atoms with van der Waals surface area (Å²) in [5, 5.41) is 3.39. The van der Waals surface area contributed by atoms with Gasteiger partial charge >= 0.3 is 0 Å². The van der Waals surface area contributed by atoms with Crippen LogP contribution in [0.4, 0.5) is 0 Å². The van der Waals surface area contributed by atoms with Gasteiger partial charge in [-0.25, -0.2) is 0 Å². The highest BCUT2D eigenvalue weighted by Crippen LogP contribution is 2.33. The van der Waals surface area contributed by atoms with Crippen molar-refractivity contribution in [3.8, 4) is 0 Å². The monoisotopic (exact) mass is 455 g/mol. The highest BCUT2D eigenvalue weighted by atomic mass is 35.5. The van der Waals surface area contributed by atoms with Crippen LogP contribution in [-0.4, -0.2) is 23.7 Å². The Balaban J connectivity index is 1.77. The van der Waals surface area contributed by atoms with Gasteiger partial charge in [-0.2, -0.15) is 0 Å². The number of halogens is 1. The van der Waals surface area contributed by atoms with Crippen molar-refractivity contribution < 1.29 is 4.79 Å². The van der Waals surface area contributed by atoms with E-state index in [1.807, 2.05) is 39.1 Å². The molecule has 1 saturated carbocycles. The van der Waals surface area contributed by atoms with E-state index in [4.69, 9.17) is 16.6 Å². The number of aryl methyl sites for hydroxylation is 3. The molecule has 32 heavy (non-hydrogen) atoms. The average Bonchev–Trinajstić information content (AvgIpc) is 3.25. The van der Waals surface area contributed by atoms with Crippen molar-refractivity contribution in [2.24, 2.45) is 16.8 Å². The molecule has 172 valence electrons. The molecule has 2 N–H and O–H groups in total. The lowest BCUT2D eigenvalue weighted by Gasteiger charge is -2.19. The number of pyridine rings is 1. The Bertz CT molecular complexity index is 1050. The number of H-pyrrole nitrogens is 1. The van der Waals surface area contributed by atoms with Crippen molar-refractivity contribution in [1.29, 1.82) is 0 Å². The fraction of sp³-hybridized carbons (Fsp3) is 0.500. The molecule has 2 aromatic rings. The highest BCUT2D eigenvalue weighted by Gasteiger charge is 2.23. The normalized spacial score (nSPS) is 15.4. The quantitative estimate of drug-likeness (QED) is 0.514. The Morgan fingerprint density at radius 3 is 2.59 bits per heavy atom. The van der Waals surface area contributed by atoms with E-state index in [1.54, 1.807) is 6.07 Å². The summed E-state index contributed by atoms with van der Waals surface area (Å²) >= 11 is 6.26. The van der Waals surface area contributed by atoms with Gasteiger partial charge in [0.25, 0.3) is 11.5 Å². The molecule has 1 aromatic heterocycles. The Kier molecular flexibility index (Phi) is 8.30. The molecular weight excluding hydrogens is 422 g/mol. The third-order valence-electron chi connectivity index (χ3n) is 6.67. The number of nitrogens with zero attached hydrogens (tertiary/aromatic N) is 1. The number of rotatable bonds is 8. The van der Waals surface area contributed by atoms with Crippen LogP contribution in [0.2, 0.25) is 5.02 Å². The Labute approximate surface area is 195 Å². The number of benzene rings is 1. The second kappa shape index (κ2) is 11.0. The minimum Gasteiger partial charge on any atom is -0.348 e. The number of hydrogen-bond acceptors (Lipinski definition) is 3. The van der Waals surface area contributed by atoms with Crippen LogP contribution in [0.15, 0.2) is 28.0 Å². The molecule has 3 rings (SSSR count). The molecule has 1 amide bonds. The fourth-order valence-electron chi connectivity index (χ4n) is 4.80. The van der Waals surface area contributed by atoms with Crippen LogP contribution in [-0.2, 0) is 6.54 Å². The van der Waals surface area contributed by atoms with Gasteiger partial charge in [-0.05, 0) is 61.9 Å². The van der Waals surface area contributed by atoms with Gasteiger partial charge in [0.05, 0.1) is 0 Å². The Morgan fingerprint density at radius 1 is 1.22 bits per heavy atom. The summed E-state index contributed by atoms with van der Waals surface area (Å²) in [5.41, 5.74) is 4.20. The third kappa shape index (κ3) is 5.89. The molecule has 1 aliphatic carbocycles. The van der Waals surface area contributed by atoms with Crippen LogP contribution in [0.5, 0.6) is 0 Å². The summed E-state index contributed by atoms with van der Waals surface area (Å²) in [6.45, 7) is 8.82. The van der Waals surface area contributed by atoms with Crippen LogP contribution in [0.1, 0.15) is 77.3 Å². The van der Waals surface area contributed by atoms with Gasteiger partial charge in [-0.15, -0.1) is 0 Å². The smallest absolute Gasteiger partial charge is 0.253 e. The van der Waals surface area contributed by atoms with E-state index in [0.717, 1.165) is 41.3 Å². The van der Waals surface area contributed by atoms with E-state index in [1.165, 1.54) is 25.7 Å². The standard InChI is InChI=1S/C26H34ClN3O2/c1-5-19(20-8-6-7-9-20)13-28-14-23-17(3)11-21(27)12-22(23)25(31)29-15-24-16(2)10-18(4)30-26(24)32/h10-12,14,19-20H,5-9,13,15H2,1-4H3,(H,29,31)(H,30,32). The maximum Gasteiger partial charge on any atom is 0.253 e. The first-order valence-electron chi connectivity index (χ1n) is 11.6. The van der Waals surface area contributed by atoms with Crippen molar-refractivity contribution in [2.75, 3.05) is 6.54 Å². The second-order valence-electron chi connectivity index (χ2n) is 9.02. The Hall–Kier alpha value is -2.40. The summed E-state index contributed by atoms with van der Waals surface area (Å²) in [5.74, 6) is 1.09. The zero-order valence-corrected chi connectivity index (χ0v) is 20.3. The van der Waals surface area contributed by atoms with Crippen molar-refractivity contribution in [3.63, 3.8) is 0 Å². The third-order valence-corrected chi connectivity index (χ3v) is 6.89. The first-order valence-corrected chi connectivity index (χ1v) is 12.0. The lowest BCUT2D eigenvalue weighted by atomic mass is 9.89. The topological polar surface area (TPSA) is 74.3 Å². The van der Waals surface area contributed by atoms with Gasteiger partial charge in [0, 0.05) is 46.7 Å². The number of amides is 1. The fourth-order valence-corrected chi connectivity index (χ4v) is 5.07. The molecule has 0 aliphatic heterocycles. The molecule has 1 aromatic carbocycles. The molecule has 1 fully saturated rings. The summed E-state index contributed by atoms with van der Waals surface area (Å²) in [7, 11) is 0. The van der Waals surface area contributed by atoms with E-state index in [0.29, 0.717) is 22.1 Å². The first kappa shape index (κ1) is 24.2. The molecule has 1 unspecified atom stereocenters. The minimum absolute atomic E-state index is 0.155. The number of carbonyl (C=O) groups is 1. The van der Waals surface area contributed by atoms with Crippen LogP contribution in [0.3, 0.4) is 0 Å². The van der Waals surface area contributed by atoms with Crippen molar-refractivity contribution in [1.82, 2.24) is 10.3 Å². The van der Waals surface area contributed by atoms with Crippen LogP contribution < -0.4 is 10.9 Å². The molecule has 6 heteroatoms. The predicted molar refractivity (Wildman–Crippen MR) is 132 cm³/mol. The van der Waals surface area contributed by atoms with E-state index >= 15 is 0 Å². The number of aromatic nitrogens is 1. The average molecular weight is 456 g/mol. The first-order chi connectivity index (χ1) is 15.3. The van der Waals surface area contributed by atoms with E-state index < -0.39 is 0 Å². The minimum atomic E-state index is -0.265. The van der Waals surface area contributed by atoms with Gasteiger partial charge in [0.1, 0.15) is 0 Å². The van der Waals surface area contributed by atoms with Crippen molar-refractivity contribution in [2.45, 2.75) is 66.3 Å². The summed E-state index contributed by atoms with van der Waals surface area (Å²) in [6.07, 6.45) is 8.21. The Morgan fingerprint density at radius 2 is 1.94 bits per heavy atom. The van der Waals surface area contributed by atoms with Crippen LogP contribution in [0.25, 0.3) is 0 Å². The molecular formula is C26H34ClN3O2. The van der Waals surface area contributed by atoms with E-state index in [9.17, 15) is 9.59 Å². The molecule has 5 nitrogen and oxygen atoms in total. The lowest BCUT2D eigenvalue weighted by Crippen LogP contribution is -2.28. The maximum absolute atomic E-state index is 13.1. The van der Waals surface area contributed by atoms with Crippen molar-refractivity contribution >= 4 is 23.7 Å². The largest absolute Gasteiger partial charge is 0.348 e. The number of aromatic amines is 1. The number of aliphatic imine (C=N–C) groups is 1. The molecule has 0 spiro atoms. The zero-order chi connectivity index (χ0) is 23.3. The summed E-state index contributed by atoms with van der Waals surface area (Å²) in [6, 6.07) is 5.42. The molecule has 0 saturated heterocycles. The van der Waals surface area contributed by atoms with Gasteiger partial charge in [-0.3, -0.25) is 14.6 Å². The van der Waals surface area contributed by atoms with Crippen LogP contribution in [0, 0.1) is 32.6 Å². The number of carbonyl (C=O) groups excluding carboxylic acids is 1. The van der Waals surface area contributed by atoms with Gasteiger partial charge < -0.3 is 10.3 Å². The number of hydrogen-bond donors (Lipinski definition) is 2.